The SMILES string of the molecule is CCN1CCN(c2cc(N3CCN(CC)CC3)nc(C)n2)CC1. The second-order valence-corrected chi connectivity index (χ2v) is 6.47. The lowest BCUT2D eigenvalue weighted by Crippen LogP contribution is -2.47. The molecule has 6 nitrogen and oxygen atoms in total. The first-order valence-corrected chi connectivity index (χ1v) is 9.00. The zero-order valence-corrected chi connectivity index (χ0v) is 14.8. The first-order valence-electron chi connectivity index (χ1n) is 9.00. The van der Waals surface area contributed by atoms with Crippen molar-refractivity contribution in [2.24, 2.45) is 0 Å². The van der Waals surface area contributed by atoms with E-state index >= 15 is 0 Å². The van der Waals surface area contributed by atoms with Crippen molar-refractivity contribution in [2.75, 3.05) is 75.2 Å². The molecule has 0 amide bonds. The molecule has 3 heterocycles. The van der Waals surface area contributed by atoms with Gasteiger partial charge in [-0.3, -0.25) is 0 Å². The van der Waals surface area contributed by atoms with Crippen molar-refractivity contribution in [2.45, 2.75) is 20.8 Å². The Morgan fingerprint density at radius 3 is 1.48 bits per heavy atom. The summed E-state index contributed by atoms with van der Waals surface area (Å²) < 4.78 is 0. The molecule has 6 heteroatoms. The number of anilines is 2. The first-order chi connectivity index (χ1) is 11.2. The molecule has 0 aliphatic carbocycles. The van der Waals surface area contributed by atoms with Gasteiger partial charge in [0.1, 0.15) is 17.5 Å². The van der Waals surface area contributed by atoms with E-state index in [2.05, 4.69) is 39.5 Å². The van der Waals surface area contributed by atoms with Crippen LogP contribution in [0.5, 0.6) is 0 Å². The molecule has 0 bridgehead atoms. The van der Waals surface area contributed by atoms with Gasteiger partial charge in [-0.15, -0.1) is 0 Å². The van der Waals surface area contributed by atoms with Gasteiger partial charge in [-0.1, -0.05) is 13.8 Å². The van der Waals surface area contributed by atoms with Crippen molar-refractivity contribution in [3.05, 3.63) is 11.9 Å². The Morgan fingerprint density at radius 2 is 1.13 bits per heavy atom. The van der Waals surface area contributed by atoms with Crippen LogP contribution in [0.2, 0.25) is 0 Å². The fourth-order valence-corrected chi connectivity index (χ4v) is 3.45. The highest BCUT2D eigenvalue weighted by atomic mass is 15.3. The maximum Gasteiger partial charge on any atom is 0.134 e. The van der Waals surface area contributed by atoms with E-state index in [1.54, 1.807) is 0 Å². The molecule has 2 saturated heterocycles. The summed E-state index contributed by atoms with van der Waals surface area (Å²) in [5, 5.41) is 0. The largest absolute Gasteiger partial charge is 0.354 e. The van der Waals surface area contributed by atoms with Gasteiger partial charge in [0.05, 0.1) is 0 Å². The van der Waals surface area contributed by atoms with Crippen molar-refractivity contribution >= 4 is 11.6 Å². The van der Waals surface area contributed by atoms with Crippen LogP contribution < -0.4 is 9.80 Å². The number of nitrogens with zero attached hydrogens (tertiary/aromatic N) is 6. The van der Waals surface area contributed by atoms with Crippen LogP contribution >= 0.6 is 0 Å². The van der Waals surface area contributed by atoms with Gasteiger partial charge in [-0.25, -0.2) is 9.97 Å². The monoisotopic (exact) mass is 318 g/mol. The fraction of sp³-hybridized carbons (Fsp3) is 0.765. The molecule has 128 valence electrons. The van der Waals surface area contributed by atoms with E-state index < -0.39 is 0 Å². The highest BCUT2D eigenvalue weighted by Gasteiger charge is 2.21. The summed E-state index contributed by atoms with van der Waals surface area (Å²) in [7, 11) is 0. The van der Waals surface area contributed by atoms with Gasteiger partial charge in [0, 0.05) is 58.4 Å². The van der Waals surface area contributed by atoms with E-state index in [4.69, 9.17) is 9.97 Å². The van der Waals surface area contributed by atoms with E-state index in [-0.39, 0.29) is 0 Å². The Bertz CT molecular complexity index is 462. The lowest BCUT2D eigenvalue weighted by Gasteiger charge is -2.37. The number of rotatable bonds is 4. The predicted octanol–water partition coefficient (Wildman–Crippen LogP) is 1.07. The van der Waals surface area contributed by atoms with Crippen LogP contribution in [0.3, 0.4) is 0 Å². The summed E-state index contributed by atoms with van der Waals surface area (Å²) >= 11 is 0. The van der Waals surface area contributed by atoms with Gasteiger partial charge in [0.15, 0.2) is 0 Å². The standard InChI is InChI=1S/C17H30N6/c1-4-20-6-10-22(11-7-20)16-14-17(19-15(3)18-16)23-12-8-21(5-2)9-13-23/h14H,4-13H2,1-3H3. The average Bonchev–Trinajstić information content (AvgIpc) is 2.61. The Balaban J connectivity index is 1.70. The molecular formula is C17H30N6. The lowest BCUT2D eigenvalue weighted by atomic mass is 10.3. The number of aromatic nitrogens is 2. The Kier molecular flexibility index (Phi) is 5.33. The smallest absolute Gasteiger partial charge is 0.134 e. The van der Waals surface area contributed by atoms with Crippen LogP contribution in [0.4, 0.5) is 11.6 Å². The van der Waals surface area contributed by atoms with Crippen LogP contribution in [0.1, 0.15) is 19.7 Å². The average molecular weight is 318 g/mol. The van der Waals surface area contributed by atoms with Gasteiger partial charge >= 0.3 is 0 Å². The highest BCUT2D eigenvalue weighted by Crippen LogP contribution is 2.21. The third-order valence-electron chi connectivity index (χ3n) is 5.10. The van der Waals surface area contributed by atoms with Gasteiger partial charge in [-0.2, -0.15) is 0 Å². The van der Waals surface area contributed by atoms with Crippen LogP contribution in [0, 0.1) is 6.92 Å². The summed E-state index contributed by atoms with van der Waals surface area (Å²) in [6.07, 6.45) is 0. The minimum Gasteiger partial charge on any atom is -0.354 e. The summed E-state index contributed by atoms with van der Waals surface area (Å²) in [5.41, 5.74) is 0. The van der Waals surface area contributed by atoms with Crippen molar-refractivity contribution < 1.29 is 0 Å². The molecule has 2 aliphatic rings. The molecule has 0 saturated carbocycles. The summed E-state index contributed by atoms with van der Waals surface area (Å²) in [5.74, 6) is 3.08. The third-order valence-corrected chi connectivity index (χ3v) is 5.10. The topological polar surface area (TPSA) is 38.7 Å². The van der Waals surface area contributed by atoms with Crippen LogP contribution in [-0.4, -0.2) is 85.2 Å². The molecular weight excluding hydrogens is 288 g/mol. The quantitative estimate of drug-likeness (QED) is 0.827. The van der Waals surface area contributed by atoms with E-state index in [1.165, 1.54) is 0 Å². The first kappa shape index (κ1) is 16.5. The Labute approximate surface area is 140 Å². The van der Waals surface area contributed by atoms with Gasteiger partial charge in [0.25, 0.3) is 0 Å². The van der Waals surface area contributed by atoms with Crippen molar-refractivity contribution in [1.29, 1.82) is 0 Å². The summed E-state index contributed by atoms with van der Waals surface area (Å²) in [4.78, 5) is 19.2. The maximum atomic E-state index is 4.69. The number of hydrogen-bond donors (Lipinski definition) is 0. The molecule has 3 rings (SSSR count). The Morgan fingerprint density at radius 1 is 0.739 bits per heavy atom. The molecule has 0 radical (unpaired) electrons. The van der Waals surface area contributed by atoms with Crippen LogP contribution in [0.15, 0.2) is 6.07 Å². The third kappa shape index (κ3) is 3.93. The number of aryl methyl sites for hydroxylation is 1. The molecule has 1 aromatic rings. The molecule has 2 aliphatic heterocycles. The molecule has 0 spiro atoms. The number of piperazine rings is 2. The van der Waals surface area contributed by atoms with Crippen molar-refractivity contribution in [1.82, 2.24) is 19.8 Å². The van der Waals surface area contributed by atoms with E-state index in [1.807, 2.05) is 6.92 Å². The highest BCUT2D eigenvalue weighted by molar-refractivity contribution is 5.51. The fourth-order valence-electron chi connectivity index (χ4n) is 3.45. The zero-order chi connectivity index (χ0) is 16.2. The van der Waals surface area contributed by atoms with Gasteiger partial charge in [0.2, 0.25) is 0 Å². The predicted molar refractivity (Wildman–Crippen MR) is 95.4 cm³/mol. The zero-order valence-electron chi connectivity index (χ0n) is 14.8. The molecule has 1 aromatic heterocycles. The molecule has 0 atom stereocenters. The summed E-state index contributed by atoms with van der Waals surface area (Å²) in [6, 6.07) is 2.19. The molecule has 23 heavy (non-hydrogen) atoms. The lowest BCUT2D eigenvalue weighted by molar-refractivity contribution is 0.269. The summed E-state index contributed by atoms with van der Waals surface area (Å²) in [6.45, 7) is 17.5. The molecule has 0 aromatic carbocycles. The number of hydrogen-bond acceptors (Lipinski definition) is 6. The second kappa shape index (κ2) is 7.45. The van der Waals surface area contributed by atoms with Crippen molar-refractivity contribution in [3.8, 4) is 0 Å². The molecule has 2 fully saturated rings. The van der Waals surface area contributed by atoms with E-state index in [9.17, 15) is 0 Å². The van der Waals surface area contributed by atoms with E-state index in [0.717, 1.165) is 82.9 Å². The maximum absolute atomic E-state index is 4.69. The van der Waals surface area contributed by atoms with E-state index in [0.29, 0.717) is 0 Å². The van der Waals surface area contributed by atoms with Crippen LogP contribution in [0.25, 0.3) is 0 Å². The van der Waals surface area contributed by atoms with Gasteiger partial charge < -0.3 is 19.6 Å². The number of likely N-dealkylation sites (N-methyl/N-ethyl adjacent to an activating group) is 2. The normalized spacial score (nSPS) is 21.0. The van der Waals surface area contributed by atoms with Gasteiger partial charge in [-0.05, 0) is 20.0 Å². The Hall–Kier alpha value is -1.40. The van der Waals surface area contributed by atoms with Crippen molar-refractivity contribution in [3.63, 3.8) is 0 Å². The molecule has 0 N–H and O–H groups in total. The minimum atomic E-state index is 0.883. The second-order valence-electron chi connectivity index (χ2n) is 6.47. The minimum absolute atomic E-state index is 0.883. The van der Waals surface area contributed by atoms with Crippen LogP contribution in [-0.2, 0) is 0 Å². The molecule has 0 unspecified atom stereocenters.